The van der Waals surface area contributed by atoms with Gasteiger partial charge in [0, 0.05) is 26.1 Å². The molecular weight excluding hydrogens is 267 g/mol. The maximum Gasteiger partial charge on any atom is 0.155 e. The number of hydrogen-bond donors (Lipinski definition) is 0. The molecule has 0 bridgehead atoms. The van der Waals surface area contributed by atoms with E-state index in [2.05, 4.69) is 4.90 Å². The first-order valence-electron chi connectivity index (χ1n) is 6.33. The monoisotopic (exact) mass is 284 g/mol. The highest BCUT2D eigenvalue weighted by molar-refractivity contribution is 6.30. The minimum absolute atomic E-state index is 0.0372. The van der Waals surface area contributed by atoms with Crippen LogP contribution in [0, 0.1) is 5.82 Å². The van der Waals surface area contributed by atoms with E-state index in [1.54, 1.807) is 12.1 Å². The standard InChI is InChI=1S/C14H18ClFN2O/c1-17-6-7-18(2)12(9-17)13(19)8-10-4-3-5-11(15)14(10)16/h3-5,12H,6-9H2,1-2H3. The number of hydrogen-bond acceptors (Lipinski definition) is 3. The number of carbonyl (C=O) groups excluding carboxylic acids is 1. The van der Waals surface area contributed by atoms with E-state index in [-0.39, 0.29) is 23.3 Å². The molecule has 0 radical (unpaired) electrons. The van der Waals surface area contributed by atoms with Crippen LogP contribution in [0.3, 0.4) is 0 Å². The lowest BCUT2D eigenvalue weighted by molar-refractivity contribution is -0.125. The zero-order chi connectivity index (χ0) is 14.0. The molecule has 1 aliphatic rings. The van der Waals surface area contributed by atoms with Crippen molar-refractivity contribution in [1.29, 1.82) is 0 Å². The fraction of sp³-hybridized carbons (Fsp3) is 0.500. The second-order valence-corrected chi connectivity index (χ2v) is 5.52. The number of ketones is 1. The van der Waals surface area contributed by atoms with Gasteiger partial charge in [-0.05, 0) is 25.7 Å². The summed E-state index contributed by atoms with van der Waals surface area (Å²) in [5, 5.41) is 0.0689. The molecule has 1 heterocycles. The summed E-state index contributed by atoms with van der Waals surface area (Å²) in [6.45, 7) is 2.49. The molecule has 3 nitrogen and oxygen atoms in total. The summed E-state index contributed by atoms with van der Waals surface area (Å²) < 4.78 is 13.8. The summed E-state index contributed by atoms with van der Waals surface area (Å²) in [5.41, 5.74) is 0.374. The lowest BCUT2D eigenvalue weighted by Crippen LogP contribution is -2.53. The number of carbonyl (C=O) groups is 1. The Morgan fingerprint density at radius 3 is 2.89 bits per heavy atom. The predicted molar refractivity (Wildman–Crippen MR) is 74.0 cm³/mol. The largest absolute Gasteiger partial charge is 0.303 e. The molecule has 5 heteroatoms. The predicted octanol–water partition coefficient (Wildman–Crippen LogP) is 1.84. The van der Waals surface area contributed by atoms with Gasteiger partial charge in [0.2, 0.25) is 0 Å². The van der Waals surface area contributed by atoms with Gasteiger partial charge in [0.1, 0.15) is 5.82 Å². The van der Waals surface area contributed by atoms with Crippen molar-refractivity contribution in [2.45, 2.75) is 12.5 Å². The van der Waals surface area contributed by atoms with Gasteiger partial charge in [-0.15, -0.1) is 0 Å². The number of Topliss-reactive ketones (excluding diaryl/α,β-unsaturated/α-hetero) is 1. The van der Waals surface area contributed by atoms with E-state index in [4.69, 9.17) is 11.6 Å². The molecule has 0 saturated carbocycles. The molecule has 1 unspecified atom stereocenters. The van der Waals surface area contributed by atoms with Crippen molar-refractivity contribution in [3.63, 3.8) is 0 Å². The zero-order valence-corrected chi connectivity index (χ0v) is 12.0. The summed E-state index contributed by atoms with van der Waals surface area (Å²) in [6, 6.07) is 4.61. The van der Waals surface area contributed by atoms with Crippen molar-refractivity contribution in [2.75, 3.05) is 33.7 Å². The van der Waals surface area contributed by atoms with Crippen LogP contribution in [0.5, 0.6) is 0 Å². The molecule has 0 spiro atoms. The maximum atomic E-state index is 13.8. The Bertz CT molecular complexity index is 481. The highest BCUT2D eigenvalue weighted by Crippen LogP contribution is 2.19. The van der Waals surface area contributed by atoms with E-state index in [0.29, 0.717) is 12.1 Å². The average molecular weight is 285 g/mol. The molecule has 1 aromatic carbocycles. The number of halogens is 2. The first kappa shape index (κ1) is 14.4. The molecule has 1 aromatic rings. The molecule has 1 saturated heterocycles. The van der Waals surface area contributed by atoms with E-state index in [1.807, 2.05) is 19.0 Å². The second-order valence-electron chi connectivity index (χ2n) is 5.11. The Morgan fingerprint density at radius 2 is 2.16 bits per heavy atom. The zero-order valence-electron chi connectivity index (χ0n) is 11.2. The van der Waals surface area contributed by atoms with Gasteiger partial charge < -0.3 is 4.90 Å². The highest BCUT2D eigenvalue weighted by atomic mass is 35.5. The molecule has 104 valence electrons. The third-order valence-electron chi connectivity index (χ3n) is 3.62. The molecule has 0 N–H and O–H groups in total. The smallest absolute Gasteiger partial charge is 0.155 e. The average Bonchev–Trinajstić information content (AvgIpc) is 2.38. The Hall–Kier alpha value is -0.970. The molecule has 2 rings (SSSR count). The van der Waals surface area contributed by atoms with Crippen molar-refractivity contribution in [3.8, 4) is 0 Å². The number of likely N-dealkylation sites (N-methyl/N-ethyl adjacent to an activating group) is 2. The van der Waals surface area contributed by atoms with E-state index in [9.17, 15) is 9.18 Å². The molecule has 1 fully saturated rings. The van der Waals surface area contributed by atoms with Crippen LogP contribution in [0.1, 0.15) is 5.56 Å². The van der Waals surface area contributed by atoms with E-state index < -0.39 is 5.82 Å². The molecule has 0 aliphatic carbocycles. The first-order valence-corrected chi connectivity index (χ1v) is 6.71. The number of piperazine rings is 1. The molecule has 0 amide bonds. The van der Waals surface area contributed by atoms with Crippen molar-refractivity contribution in [2.24, 2.45) is 0 Å². The van der Waals surface area contributed by atoms with E-state index in [1.165, 1.54) is 6.07 Å². The van der Waals surface area contributed by atoms with Gasteiger partial charge in [0.25, 0.3) is 0 Å². The van der Waals surface area contributed by atoms with E-state index in [0.717, 1.165) is 13.1 Å². The molecular formula is C14H18ClFN2O. The van der Waals surface area contributed by atoms with Crippen LogP contribution in [0.2, 0.25) is 5.02 Å². The minimum Gasteiger partial charge on any atom is -0.303 e. The van der Waals surface area contributed by atoms with Crippen molar-refractivity contribution in [3.05, 3.63) is 34.6 Å². The normalized spacial score (nSPS) is 21.6. The van der Waals surface area contributed by atoms with Crippen molar-refractivity contribution < 1.29 is 9.18 Å². The quantitative estimate of drug-likeness (QED) is 0.846. The fourth-order valence-electron chi connectivity index (χ4n) is 2.35. The summed E-state index contributed by atoms with van der Waals surface area (Å²) >= 11 is 5.73. The van der Waals surface area contributed by atoms with Crippen LogP contribution in [0.25, 0.3) is 0 Å². The van der Waals surface area contributed by atoms with Gasteiger partial charge >= 0.3 is 0 Å². The van der Waals surface area contributed by atoms with Crippen molar-refractivity contribution >= 4 is 17.4 Å². The van der Waals surface area contributed by atoms with Gasteiger partial charge in [0.15, 0.2) is 5.78 Å². The Morgan fingerprint density at radius 1 is 1.42 bits per heavy atom. The van der Waals surface area contributed by atoms with Crippen LogP contribution in [-0.2, 0) is 11.2 Å². The third kappa shape index (κ3) is 3.32. The Labute approximate surface area is 117 Å². The third-order valence-corrected chi connectivity index (χ3v) is 3.91. The fourth-order valence-corrected chi connectivity index (χ4v) is 2.54. The van der Waals surface area contributed by atoms with Gasteiger partial charge in [0.05, 0.1) is 11.1 Å². The first-order chi connectivity index (χ1) is 8.99. The maximum absolute atomic E-state index is 13.8. The number of rotatable bonds is 3. The van der Waals surface area contributed by atoms with Crippen LogP contribution in [0.15, 0.2) is 18.2 Å². The topological polar surface area (TPSA) is 23.6 Å². The van der Waals surface area contributed by atoms with E-state index >= 15 is 0 Å². The Kier molecular flexibility index (Phi) is 4.55. The molecule has 0 aromatic heterocycles. The summed E-state index contributed by atoms with van der Waals surface area (Å²) in [7, 11) is 3.93. The number of nitrogens with zero attached hydrogens (tertiary/aromatic N) is 2. The number of benzene rings is 1. The minimum atomic E-state index is -0.482. The van der Waals surface area contributed by atoms with Gasteiger partial charge in [-0.3, -0.25) is 9.69 Å². The van der Waals surface area contributed by atoms with Gasteiger partial charge in [-0.2, -0.15) is 0 Å². The summed E-state index contributed by atoms with van der Waals surface area (Å²) in [5.74, 6) is -0.445. The summed E-state index contributed by atoms with van der Waals surface area (Å²) in [6.07, 6.45) is 0.0925. The SMILES string of the molecule is CN1CCN(C)C(C(=O)Cc2cccc(Cl)c2F)C1. The van der Waals surface area contributed by atoms with Crippen LogP contribution < -0.4 is 0 Å². The highest BCUT2D eigenvalue weighted by Gasteiger charge is 2.28. The molecule has 1 atom stereocenters. The lowest BCUT2D eigenvalue weighted by Gasteiger charge is -2.36. The lowest BCUT2D eigenvalue weighted by atomic mass is 10.0. The molecule has 19 heavy (non-hydrogen) atoms. The summed E-state index contributed by atoms with van der Waals surface area (Å²) in [4.78, 5) is 16.5. The van der Waals surface area contributed by atoms with Crippen LogP contribution in [0.4, 0.5) is 4.39 Å². The second kappa shape index (κ2) is 5.99. The molecule has 1 aliphatic heterocycles. The van der Waals surface area contributed by atoms with Crippen LogP contribution >= 0.6 is 11.6 Å². The van der Waals surface area contributed by atoms with Crippen molar-refractivity contribution in [1.82, 2.24) is 9.80 Å². The van der Waals surface area contributed by atoms with Gasteiger partial charge in [-0.1, -0.05) is 23.7 Å². The van der Waals surface area contributed by atoms with Gasteiger partial charge in [-0.25, -0.2) is 4.39 Å². The Balaban J connectivity index is 2.10. The van der Waals surface area contributed by atoms with Crippen LogP contribution in [-0.4, -0.2) is 55.4 Å².